The summed E-state index contributed by atoms with van der Waals surface area (Å²) in [5.41, 5.74) is -2.09. The van der Waals surface area contributed by atoms with E-state index in [0.717, 1.165) is 23.3 Å². The normalized spacial score (nSPS) is 17.2. The average molecular weight is 853 g/mol. The molecule has 0 spiro atoms. The number of pyridine rings is 1. The van der Waals surface area contributed by atoms with Crippen molar-refractivity contribution in [1.82, 2.24) is 30.3 Å². The number of anilines is 1. The number of aryl methyl sites for hydroxylation is 1. The van der Waals surface area contributed by atoms with Gasteiger partial charge in [-0.25, -0.2) is 22.2 Å². The average Bonchev–Trinajstić information content (AvgIpc) is 3.49. The highest BCUT2D eigenvalue weighted by Gasteiger charge is 2.59. The van der Waals surface area contributed by atoms with Gasteiger partial charge < -0.3 is 20.6 Å². The fourth-order valence-corrected chi connectivity index (χ4v) is 7.54. The molecule has 0 aliphatic heterocycles. The molecular formula is C40H37ClF4N8O5S. The Labute approximate surface area is 341 Å². The fraction of sp³-hybridized carbons (Fsp3) is 0.325. The summed E-state index contributed by atoms with van der Waals surface area (Å²) in [6.07, 6.45) is 0.630. The maximum absolute atomic E-state index is 15.7. The van der Waals surface area contributed by atoms with Gasteiger partial charge in [0.1, 0.15) is 34.6 Å². The lowest BCUT2D eigenvalue weighted by Crippen LogP contribution is -2.41. The number of aromatic nitrogens is 3. The van der Waals surface area contributed by atoms with Crippen molar-refractivity contribution in [2.75, 3.05) is 31.6 Å². The number of halogens is 5. The molecule has 0 radical (unpaired) electrons. The number of allylic oxidation sites excluding steroid dienone is 1. The molecule has 5 N–H and O–H groups in total. The van der Waals surface area contributed by atoms with Crippen molar-refractivity contribution in [3.63, 3.8) is 0 Å². The molecule has 2 aliphatic rings. The summed E-state index contributed by atoms with van der Waals surface area (Å²) in [5.74, 6) is 0.494. The van der Waals surface area contributed by atoms with Crippen molar-refractivity contribution in [2.45, 2.75) is 37.8 Å². The van der Waals surface area contributed by atoms with Gasteiger partial charge in [-0.1, -0.05) is 35.4 Å². The molecule has 3 atom stereocenters. The Hall–Kier alpha value is -5.95. The van der Waals surface area contributed by atoms with Gasteiger partial charge in [0.25, 0.3) is 5.91 Å². The topological polar surface area (TPSA) is 182 Å². The van der Waals surface area contributed by atoms with Crippen LogP contribution in [0.4, 0.5) is 23.4 Å². The highest BCUT2D eigenvalue weighted by Crippen LogP contribution is 2.50. The number of hydrogen-bond donors (Lipinski definition) is 5. The molecule has 2 amide bonds. The van der Waals surface area contributed by atoms with Crippen LogP contribution in [0.5, 0.6) is 0 Å². The van der Waals surface area contributed by atoms with Crippen LogP contribution in [0.1, 0.15) is 36.8 Å². The Morgan fingerprint density at radius 3 is 2.37 bits per heavy atom. The second kappa shape index (κ2) is 15.7. The number of amides is 2. The summed E-state index contributed by atoms with van der Waals surface area (Å²) < 4.78 is 88.8. The Kier molecular flexibility index (Phi) is 11.3. The summed E-state index contributed by atoms with van der Waals surface area (Å²) in [7, 11) is 0.442. The molecule has 0 saturated heterocycles. The monoisotopic (exact) mass is 852 g/mol. The lowest BCUT2D eigenvalue weighted by molar-refractivity contribution is -0.122. The molecule has 6 rings (SSSR count). The Morgan fingerprint density at radius 1 is 1.12 bits per heavy atom. The molecule has 2 aliphatic carbocycles. The van der Waals surface area contributed by atoms with Crippen molar-refractivity contribution >= 4 is 55.9 Å². The highest BCUT2D eigenvalue weighted by atomic mass is 35.5. The molecule has 19 heteroatoms. The minimum absolute atomic E-state index is 0.0592. The number of sulfonamides is 1. The SMILES string of the molecule is CN(C)C(=O)C(=N)C1=C(NCC(=O)N[C@@H](Cc2cc(F)cc(F)c2)c2nc(C#CC(C)(C)O)ccc2-c2ccc(Cl)c3c(NS(C)(=O)=O)nn(C)c23)C(F)(F)[C@@H]2C#C[C@H]12. The summed E-state index contributed by atoms with van der Waals surface area (Å²) >= 11 is 6.59. The van der Waals surface area contributed by atoms with Crippen LogP contribution >= 0.6 is 11.6 Å². The third-order valence-corrected chi connectivity index (χ3v) is 10.2. The predicted octanol–water partition coefficient (Wildman–Crippen LogP) is 4.31. The molecule has 0 unspecified atom stereocenters. The van der Waals surface area contributed by atoms with E-state index < -0.39 is 80.8 Å². The van der Waals surface area contributed by atoms with Crippen LogP contribution in [0, 0.1) is 52.6 Å². The second-order valence-electron chi connectivity index (χ2n) is 14.8. The molecule has 2 heterocycles. The zero-order chi connectivity index (χ0) is 43.4. The van der Waals surface area contributed by atoms with Gasteiger partial charge in [-0.2, -0.15) is 13.9 Å². The molecule has 0 bridgehead atoms. The minimum atomic E-state index is -3.82. The third-order valence-electron chi connectivity index (χ3n) is 9.31. The summed E-state index contributed by atoms with van der Waals surface area (Å²) in [5, 5.41) is 28.6. The van der Waals surface area contributed by atoms with Crippen LogP contribution in [-0.4, -0.2) is 89.1 Å². The predicted molar refractivity (Wildman–Crippen MR) is 213 cm³/mol. The molecule has 59 heavy (non-hydrogen) atoms. The number of carbonyl (C=O) groups excluding carboxylic acids is 2. The van der Waals surface area contributed by atoms with E-state index in [2.05, 4.69) is 44.1 Å². The maximum atomic E-state index is 15.7. The van der Waals surface area contributed by atoms with E-state index in [1.165, 1.54) is 51.8 Å². The quantitative estimate of drug-likeness (QED) is 0.0795. The molecule has 0 fully saturated rings. The molecule has 308 valence electrons. The number of alkyl halides is 2. The van der Waals surface area contributed by atoms with E-state index in [0.29, 0.717) is 22.7 Å². The summed E-state index contributed by atoms with van der Waals surface area (Å²) in [6, 6.07) is 7.66. The van der Waals surface area contributed by atoms with Crippen LogP contribution in [0.15, 0.2) is 53.7 Å². The number of fused-ring (bicyclic) bond motifs is 2. The van der Waals surface area contributed by atoms with E-state index in [1.54, 1.807) is 12.1 Å². The van der Waals surface area contributed by atoms with Crippen molar-refractivity contribution in [1.29, 1.82) is 5.41 Å². The van der Waals surface area contributed by atoms with Gasteiger partial charge in [-0.3, -0.25) is 24.4 Å². The van der Waals surface area contributed by atoms with Gasteiger partial charge >= 0.3 is 5.92 Å². The van der Waals surface area contributed by atoms with Crippen LogP contribution in [0.2, 0.25) is 5.02 Å². The van der Waals surface area contributed by atoms with E-state index in [4.69, 9.17) is 22.0 Å². The third kappa shape index (κ3) is 8.90. The standard InChI is InChI=1S/C40H37ClF4N8O5S/c1-39(2,56)14-13-23-7-8-24(25-10-12-28(41)32-35(25)53(5)50-37(32)51-59(6,57)58)34(48-23)29(17-20-15-21(42)18-22(43)16-20)49-30(54)19-47-36-31(33(46)38(55)52(3)4)26-9-11-27(26)40(36,44)45/h7-8,10,12,15-16,18,26-27,29,46-47,56H,17,19H2,1-6H3,(H,49,54)(H,50,51)/t26-,27+,29-/m0/s1. The molecule has 2 aromatic heterocycles. The van der Waals surface area contributed by atoms with E-state index in [-0.39, 0.29) is 45.2 Å². The van der Waals surface area contributed by atoms with Crippen LogP contribution in [0.3, 0.4) is 0 Å². The van der Waals surface area contributed by atoms with Crippen molar-refractivity contribution < 1.29 is 40.7 Å². The van der Waals surface area contributed by atoms with Crippen molar-refractivity contribution in [3.05, 3.63) is 87.3 Å². The number of hydrogen-bond acceptors (Lipinski definition) is 9. The Bertz CT molecular complexity index is 2700. The number of rotatable bonds is 12. The Balaban J connectivity index is 1.48. The zero-order valence-corrected chi connectivity index (χ0v) is 33.9. The zero-order valence-electron chi connectivity index (χ0n) is 32.4. The van der Waals surface area contributed by atoms with Crippen molar-refractivity contribution in [3.8, 4) is 34.8 Å². The lowest BCUT2D eigenvalue weighted by atomic mass is 9.82. The first-order chi connectivity index (χ1) is 27.4. The van der Waals surface area contributed by atoms with Gasteiger partial charge in [0.15, 0.2) is 5.82 Å². The second-order valence-corrected chi connectivity index (χ2v) is 16.9. The Morgan fingerprint density at radius 2 is 1.78 bits per heavy atom. The van der Waals surface area contributed by atoms with E-state index >= 15 is 8.78 Å². The maximum Gasteiger partial charge on any atom is 0.302 e. The number of aliphatic hydroxyl groups is 1. The van der Waals surface area contributed by atoms with Crippen LogP contribution in [0.25, 0.3) is 22.0 Å². The first-order valence-electron chi connectivity index (χ1n) is 17.8. The summed E-state index contributed by atoms with van der Waals surface area (Å²) in [4.78, 5) is 32.4. The number of nitrogens with zero attached hydrogens (tertiary/aromatic N) is 4. The lowest BCUT2D eigenvalue weighted by Gasteiger charge is -2.25. The van der Waals surface area contributed by atoms with E-state index in [9.17, 15) is 31.9 Å². The van der Waals surface area contributed by atoms with Crippen molar-refractivity contribution in [2.24, 2.45) is 18.9 Å². The number of benzene rings is 2. The van der Waals surface area contributed by atoms with E-state index in [1.807, 2.05) is 0 Å². The van der Waals surface area contributed by atoms with Gasteiger partial charge in [-0.15, -0.1) is 0 Å². The highest BCUT2D eigenvalue weighted by molar-refractivity contribution is 7.92. The first-order valence-corrected chi connectivity index (χ1v) is 20.0. The van der Waals surface area contributed by atoms with Crippen LogP contribution in [-0.2, 0) is 33.1 Å². The molecule has 4 aromatic rings. The number of nitrogens with one attached hydrogen (secondary N) is 4. The number of carbonyl (C=O) groups is 2. The largest absolute Gasteiger partial charge is 0.378 e. The molecule has 13 nitrogen and oxygen atoms in total. The molecular weight excluding hydrogens is 816 g/mol. The van der Waals surface area contributed by atoms with Gasteiger partial charge in [0, 0.05) is 43.9 Å². The first kappa shape index (κ1) is 42.7. The van der Waals surface area contributed by atoms with Gasteiger partial charge in [0.2, 0.25) is 15.9 Å². The molecule has 2 aromatic carbocycles. The summed E-state index contributed by atoms with van der Waals surface area (Å²) in [6.45, 7) is 2.08. The fourth-order valence-electron chi connectivity index (χ4n) is 6.80. The molecule has 0 saturated carbocycles. The minimum Gasteiger partial charge on any atom is -0.378 e. The van der Waals surface area contributed by atoms with Crippen LogP contribution < -0.4 is 15.4 Å². The van der Waals surface area contributed by atoms with Gasteiger partial charge in [-0.05, 0) is 62.1 Å². The smallest absolute Gasteiger partial charge is 0.302 e. The van der Waals surface area contributed by atoms with Gasteiger partial charge in [0.05, 0.1) is 52.1 Å².